The van der Waals surface area contributed by atoms with Crippen LogP contribution in [0.15, 0.2) is 40.9 Å². The van der Waals surface area contributed by atoms with E-state index in [-0.39, 0.29) is 5.56 Å². The van der Waals surface area contributed by atoms with Gasteiger partial charge in [-0.3, -0.25) is 4.79 Å². The van der Waals surface area contributed by atoms with E-state index in [1.165, 1.54) is 0 Å². The van der Waals surface area contributed by atoms with Gasteiger partial charge in [0.25, 0.3) is 0 Å². The van der Waals surface area contributed by atoms with Crippen molar-refractivity contribution in [1.29, 1.82) is 0 Å². The molecule has 0 amide bonds. The Labute approximate surface area is 139 Å². The Kier molecular flexibility index (Phi) is 4.72. The molecule has 0 heterocycles. The normalized spacial score (nSPS) is 11.5. The summed E-state index contributed by atoms with van der Waals surface area (Å²) in [7, 11) is 0. The minimum Gasteiger partial charge on any atom is -0.289 e. The van der Waals surface area contributed by atoms with Crippen molar-refractivity contribution >= 4 is 44.3 Å². The van der Waals surface area contributed by atoms with E-state index in [9.17, 15) is 22.4 Å². The first-order valence-electron chi connectivity index (χ1n) is 5.56. The average molecular weight is 473 g/mol. The zero-order valence-corrected chi connectivity index (χ0v) is 13.9. The van der Waals surface area contributed by atoms with Crippen LogP contribution < -0.4 is 0 Å². The first-order chi connectivity index (χ1) is 9.70. The second-order valence-corrected chi connectivity index (χ2v) is 6.22. The summed E-state index contributed by atoms with van der Waals surface area (Å²) in [6.07, 6.45) is -4.78. The van der Waals surface area contributed by atoms with Crippen LogP contribution in [0.5, 0.6) is 0 Å². The molecule has 0 aliphatic heterocycles. The maximum Gasteiger partial charge on any atom is 0.419 e. The molecule has 0 fully saturated rings. The van der Waals surface area contributed by atoms with Gasteiger partial charge in [0.1, 0.15) is 5.82 Å². The lowest BCUT2D eigenvalue weighted by Gasteiger charge is -2.10. The fraction of sp³-hybridized carbons (Fsp3) is 0.0714. The lowest BCUT2D eigenvalue weighted by atomic mass is 10.0. The van der Waals surface area contributed by atoms with Gasteiger partial charge in [-0.15, -0.1) is 0 Å². The third kappa shape index (κ3) is 3.63. The molecule has 0 bridgehead atoms. The Balaban J connectivity index is 2.45. The second kappa shape index (κ2) is 6.04. The molecule has 0 saturated heterocycles. The standard InChI is InChI=1S/C14H6BrF4IO/c15-8-2-4-12(20)9(6-8)13(21)7-1-3-10(11(16)5-7)14(17,18)19/h1-6H. The molecule has 0 radical (unpaired) electrons. The highest BCUT2D eigenvalue weighted by atomic mass is 127. The highest BCUT2D eigenvalue weighted by Gasteiger charge is 2.34. The molecule has 0 unspecified atom stereocenters. The Hall–Kier alpha value is -0.960. The zero-order valence-electron chi connectivity index (χ0n) is 10.1. The van der Waals surface area contributed by atoms with Gasteiger partial charge >= 0.3 is 6.18 Å². The zero-order chi connectivity index (χ0) is 15.8. The Morgan fingerprint density at radius 1 is 1.10 bits per heavy atom. The van der Waals surface area contributed by atoms with Gasteiger partial charge in [-0.05, 0) is 52.9 Å². The summed E-state index contributed by atoms with van der Waals surface area (Å²) in [6, 6.07) is 7.12. The van der Waals surface area contributed by atoms with Crippen molar-refractivity contribution in [2.75, 3.05) is 0 Å². The third-order valence-electron chi connectivity index (χ3n) is 2.71. The van der Waals surface area contributed by atoms with E-state index in [1.54, 1.807) is 18.2 Å². The van der Waals surface area contributed by atoms with Crippen LogP contribution in [-0.2, 0) is 6.18 Å². The van der Waals surface area contributed by atoms with Gasteiger partial charge in [0.15, 0.2) is 5.78 Å². The number of rotatable bonds is 2. The van der Waals surface area contributed by atoms with Crippen LogP contribution in [0, 0.1) is 9.39 Å². The maximum atomic E-state index is 13.5. The number of benzene rings is 2. The van der Waals surface area contributed by atoms with Crippen LogP contribution in [0.25, 0.3) is 0 Å². The molecule has 21 heavy (non-hydrogen) atoms. The van der Waals surface area contributed by atoms with Crippen molar-refractivity contribution in [1.82, 2.24) is 0 Å². The molecule has 0 aliphatic carbocycles. The lowest BCUT2D eigenvalue weighted by molar-refractivity contribution is -0.140. The molecule has 1 nitrogen and oxygen atoms in total. The molecule has 2 rings (SSSR count). The summed E-state index contributed by atoms with van der Waals surface area (Å²) in [5.74, 6) is -1.99. The summed E-state index contributed by atoms with van der Waals surface area (Å²) in [4.78, 5) is 12.3. The van der Waals surface area contributed by atoms with Crippen molar-refractivity contribution < 1.29 is 22.4 Å². The monoisotopic (exact) mass is 472 g/mol. The van der Waals surface area contributed by atoms with Crippen LogP contribution in [0.2, 0.25) is 0 Å². The Morgan fingerprint density at radius 3 is 2.33 bits per heavy atom. The van der Waals surface area contributed by atoms with Crippen molar-refractivity contribution in [2.24, 2.45) is 0 Å². The third-order valence-corrected chi connectivity index (χ3v) is 4.14. The second-order valence-electron chi connectivity index (χ2n) is 4.15. The molecule has 0 saturated carbocycles. The molecule has 0 atom stereocenters. The molecular formula is C14H6BrF4IO. The van der Waals surface area contributed by atoms with E-state index < -0.39 is 23.3 Å². The number of halogens is 6. The maximum absolute atomic E-state index is 13.5. The molecule has 0 N–H and O–H groups in total. The number of hydrogen-bond acceptors (Lipinski definition) is 1. The minimum absolute atomic E-state index is 0.128. The SMILES string of the molecule is O=C(c1ccc(C(F)(F)F)c(F)c1)c1cc(Br)ccc1I. The highest BCUT2D eigenvalue weighted by Crippen LogP contribution is 2.32. The summed E-state index contributed by atoms with van der Waals surface area (Å²) in [5.41, 5.74) is -1.22. The van der Waals surface area contributed by atoms with Crippen LogP contribution in [-0.4, -0.2) is 5.78 Å². The largest absolute Gasteiger partial charge is 0.419 e. The van der Waals surface area contributed by atoms with Gasteiger partial charge in [0.05, 0.1) is 5.56 Å². The van der Waals surface area contributed by atoms with Crippen LogP contribution in [0.3, 0.4) is 0 Å². The van der Waals surface area contributed by atoms with Crippen LogP contribution in [0.4, 0.5) is 17.6 Å². The van der Waals surface area contributed by atoms with Crippen LogP contribution in [0.1, 0.15) is 21.5 Å². The predicted molar refractivity (Wildman–Crippen MR) is 81.7 cm³/mol. The van der Waals surface area contributed by atoms with E-state index in [4.69, 9.17) is 0 Å². The number of carbonyl (C=O) groups is 1. The van der Waals surface area contributed by atoms with Crippen molar-refractivity contribution in [3.05, 3.63) is 66.9 Å². The van der Waals surface area contributed by atoms with Gasteiger partial charge in [-0.1, -0.05) is 22.0 Å². The Morgan fingerprint density at radius 2 is 1.76 bits per heavy atom. The molecular weight excluding hydrogens is 467 g/mol. The van der Waals surface area contributed by atoms with Gasteiger partial charge in [0, 0.05) is 19.2 Å². The van der Waals surface area contributed by atoms with E-state index >= 15 is 0 Å². The topological polar surface area (TPSA) is 17.1 Å². The molecule has 2 aromatic rings. The summed E-state index contributed by atoms with van der Waals surface area (Å²) in [6.45, 7) is 0. The van der Waals surface area contributed by atoms with Gasteiger partial charge in [-0.25, -0.2) is 4.39 Å². The predicted octanol–water partition coefficient (Wildman–Crippen LogP) is 5.44. The molecule has 7 heteroatoms. The molecule has 0 spiro atoms. The fourth-order valence-electron chi connectivity index (χ4n) is 1.71. The lowest BCUT2D eigenvalue weighted by Crippen LogP contribution is -2.10. The summed E-state index contributed by atoms with van der Waals surface area (Å²) < 4.78 is 52.3. The van der Waals surface area contributed by atoms with Crippen molar-refractivity contribution in [3.8, 4) is 0 Å². The van der Waals surface area contributed by atoms with Gasteiger partial charge < -0.3 is 0 Å². The minimum atomic E-state index is -4.78. The van der Waals surface area contributed by atoms with Gasteiger partial charge in [0.2, 0.25) is 0 Å². The smallest absolute Gasteiger partial charge is 0.289 e. The summed E-state index contributed by atoms with van der Waals surface area (Å²) >= 11 is 5.14. The molecule has 2 aromatic carbocycles. The molecule has 0 aliphatic rings. The quantitative estimate of drug-likeness (QED) is 0.323. The van der Waals surface area contributed by atoms with Crippen LogP contribution >= 0.6 is 38.5 Å². The summed E-state index contributed by atoms with van der Waals surface area (Å²) in [5, 5.41) is 0. The first-order valence-corrected chi connectivity index (χ1v) is 7.44. The van der Waals surface area contributed by atoms with Gasteiger partial charge in [-0.2, -0.15) is 13.2 Å². The highest BCUT2D eigenvalue weighted by molar-refractivity contribution is 14.1. The number of alkyl halides is 3. The number of ketones is 1. The van der Waals surface area contributed by atoms with E-state index in [0.717, 1.165) is 6.07 Å². The van der Waals surface area contributed by atoms with Crippen molar-refractivity contribution in [3.63, 3.8) is 0 Å². The molecule has 110 valence electrons. The van der Waals surface area contributed by atoms with E-state index in [1.807, 2.05) is 22.6 Å². The molecule has 0 aromatic heterocycles. The van der Waals surface area contributed by atoms with Crippen molar-refractivity contribution in [2.45, 2.75) is 6.18 Å². The Bertz CT molecular complexity index is 713. The first kappa shape index (κ1) is 16.4. The number of carbonyl (C=O) groups excluding carboxylic acids is 1. The van der Waals surface area contributed by atoms with E-state index in [2.05, 4.69) is 15.9 Å². The average Bonchev–Trinajstić information content (AvgIpc) is 2.39. The van der Waals surface area contributed by atoms with E-state index in [0.29, 0.717) is 25.7 Å². The fourth-order valence-corrected chi connectivity index (χ4v) is 2.65. The number of hydrogen-bond donors (Lipinski definition) is 0.